The first-order valence-electron chi connectivity index (χ1n) is 5.02. The highest BCUT2D eigenvalue weighted by Gasteiger charge is 2.09. The molecule has 0 saturated heterocycles. The first-order valence-corrected chi connectivity index (χ1v) is 6.91. The quantitative estimate of drug-likeness (QED) is 0.887. The Balaban J connectivity index is 2.56. The summed E-state index contributed by atoms with van der Waals surface area (Å²) in [6.07, 6.45) is 1.06. The standard InChI is InChI=1S/C10H12N2O4S/c1-3-12-8-5-4-7(11-17(2,14)15)6-9(8)16-10(12)13/h4-6,11H,3H2,1-2H3. The van der Waals surface area contributed by atoms with Gasteiger partial charge in [-0.3, -0.25) is 9.29 Å². The van der Waals surface area contributed by atoms with Gasteiger partial charge in [0.2, 0.25) is 10.0 Å². The highest BCUT2D eigenvalue weighted by atomic mass is 32.2. The maximum atomic E-state index is 11.4. The van der Waals surface area contributed by atoms with E-state index in [2.05, 4.69) is 4.72 Å². The topological polar surface area (TPSA) is 81.3 Å². The minimum atomic E-state index is -3.33. The Kier molecular flexibility index (Phi) is 2.70. The summed E-state index contributed by atoms with van der Waals surface area (Å²) in [5.41, 5.74) is 1.39. The molecule has 0 atom stereocenters. The number of nitrogens with zero attached hydrogens (tertiary/aromatic N) is 1. The van der Waals surface area contributed by atoms with E-state index < -0.39 is 15.8 Å². The predicted molar refractivity (Wildman–Crippen MR) is 64.6 cm³/mol. The molecule has 0 amide bonds. The number of hydrogen-bond acceptors (Lipinski definition) is 4. The number of oxazole rings is 1. The average molecular weight is 256 g/mol. The second-order valence-electron chi connectivity index (χ2n) is 3.67. The summed E-state index contributed by atoms with van der Waals surface area (Å²) in [5, 5.41) is 0. The van der Waals surface area contributed by atoms with E-state index in [-0.39, 0.29) is 0 Å². The zero-order valence-electron chi connectivity index (χ0n) is 9.43. The van der Waals surface area contributed by atoms with Gasteiger partial charge >= 0.3 is 5.76 Å². The Bertz CT molecular complexity index is 711. The second kappa shape index (κ2) is 3.92. The number of rotatable bonds is 3. The van der Waals surface area contributed by atoms with Gasteiger partial charge in [0.25, 0.3) is 0 Å². The molecule has 17 heavy (non-hydrogen) atoms. The molecule has 0 radical (unpaired) electrons. The fourth-order valence-electron chi connectivity index (χ4n) is 1.64. The molecule has 0 saturated carbocycles. The normalized spacial score (nSPS) is 11.9. The molecule has 2 rings (SSSR count). The highest BCUT2D eigenvalue weighted by molar-refractivity contribution is 7.92. The van der Waals surface area contributed by atoms with Crippen LogP contribution in [0.25, 0.3) is 11.1 Å². The second-order valence-corrected chi connectivity index (χ2v) is 5.42. The molecule has 2 aromatic rings. The molecule has 0 aliphatic rings. The molecule has 6 nitrogen and oxygen atoms in total. The number of hydrogen-bond donors (Lipinski definition) is 1. The predicted octanol–water partition coefficient (Wildman–Crippen LogP) is 0.986. The van der Waals surface area contributed by atoms with E-state index in [1.54, 1.807) is 12.1 Å². The monoisotopic (exact) mass is 256 g/mol. The van der Waals surface area contributed by atoms with Crippen LogP contribution in [0.2, 0.25) is 0 Å². The Morgan fingerprint density at radius 3 is 2.71 bits per heavy atom. The van der Waals surface area contributed by atoms with Crippen molar-refractivity contribution in [2.24, 2.45) is 0 Å². The lowest BCUT2D eigenvalue weighted by Gasteiger charge is -2.03. The van der Waals surface area contributed by atoms with Crippen molar-refractivity contribution in [3.63, 3.8) is 0 Å². The van der Waals surface area contributed by atoms with Crippen LogP contribution in [0.3, 0.4) is 0 Å². The maximum Gasteiger partial charge on any atom is 0.419 e. The van der Waals surface area contributed by atoms with Crippen molar-refractivity contribution in [3.8, 4) is 0 Å². The summed E-state index contributed by atoms with van der Waals surface area (Å²) in [4.78, 5) is 11.4. The fraction of sp³-hybridized carbons (Fsp3) is 0.300. The van der Waals surface area contributed by atoms with E-state index >= 15 is 0 Å². The minimum absolute atomic E-state index is 0.366. The zero-order chi connectivity index (χ0) is 12.6. The summed E-state index contributed by atoms with van der Waals surface area (Å²) in [6.45, 7) is 2.34. The van der Waals surface area contributed by atoms with E-state index in [0.29, 0.717) is 23.3 Å². The van der Waals surface area contributed by atoms with Gasteiger partial charge in [0.05, 0.1) is 17.5 Å². The van der Waals surface area contributed by atoms with Crippen LogP contribution < -0.4 is 10.5 Å². The highest BCUT2D eigenvalue weighted by Crippen LogP contribution is 2.18. The van der Waals surface area contributed by atoms with Gasteiger partial charge in [-0.05, 0) is 19.1 Å². The lowest BCUT2D eigenvalue weighted by molar-refractivity contribution is 0.513. The van der Waals surface area contributed by atoms with Crippen molar-refractivity contribution in [3.05, 3.63) is 28.7 Å². The van der Waals surface area contributed by atoms with Gasteiger partial charge in [0, 0.05) is 12.6 Å². The van der Waals surface area contributed by atoms with Gasteiger partial charge in [0.1, 0.15) is 0 Å². The lowest BCUT2D eigenvalue weighted by Crippen LogP contribution is -2.12. The largest absolute Gasteiger partial charge is 0.419 e. The van der Waals surface area contributed by atoms with Crippen LogP contribution in [0.5, 0.6) is 0 Å². The Labute approximate surface area is 97.9 Å². The summed E-state index contributed by atoms with van der Waals surface area (Å²) in [5.74, 6) is -0.445. The van der Waals surface area contributed by atoms with Crippen molar-refractivity contribution < 1.29 is 12.8 Å². The molecule has 1 aromatic carbocycles. The first kappa shape index (κ1) is 11.7. The van der Waals surface area contributed by atoms with E-state index in [1.807, 2.05) is 6.92 Å². The third-order valence-electron chi connectivity index (χ3n) is 2.29. The smallest absolute Gasteiger partial charge is 0.408 e. The van der Waals surface area contributed by atoms with Gasteiger partial charge in [-0.25, -0.2) is 13.2 Å². The van der Waals surface area contributed by atoms with Crippen LogP contribution in [0.15, 0.2) is 27.4 Å². The van der Waals surface area contributed by atoms with Gasteiger partial charge in [-0.15, -0.1) is 0 Å². The Hall–Kier alpha value is -1.76. The van der Waals surface area contributed by atoms with Gasteiger partial charge in [-0.2, -0.15) is 0 Å². The van der Waals surface area contributed by atoms with E-state index in [1.165, 1.54) is 10.6 Å². The van der Waals surface area contributed by atoms with E-state index in [4.69, 9.17) is 4.42 Å². The molecule has 0 unspecified atom stereocenters. The van der Waals surface area contributed by atoms with Crippen molar-refractivity contribution in [1.82, 2.24) is 4.57 Å². The van der Waals surface area contributed by atoms with E-state index in [9.17, 15) is 13.2 Å². The Morgan fingerprint density at radius 2 is 2.12 bits per heavy atom. The SMILES string of the molecule is CCn1c(=O)oc2cc(NS(C)(=O)=O)ccc21. The van der Waals surface area contributed by atoms with Crippen molar-refractivity contribution in [2.45, 2.75) is 13.5 Å². The minimum Gasteiger partial charge on any atom is -0.408 e. The molecule has 0 aliphatic carbocycles. The first-order chi connectivity index (χ1) is 7.90. The molecule has 0 bridgehead atoms. The maximum absolute atomic E-state index is 11.4. The van der Waals surface area contributed by atoms with Crippen LogP contribution in [0.1, 0.15) is 6.92 Å². The molecule has 92 valence electrons. The molecular formula is C10H12N2O4S. The number of aromatic nitrogens is 1. The van der Waals surface area contributed by atoms with Gasteiger partial charge < -0.3 is 4.42 Å². The molecule has 0 fully saturated rings. The molecule has 0 aliphatic heterocycles. The number of nitrogens with one attached hydrogen (secondary N) is 1. The number of fused-ring (bicyclic) bond motifs is 1. The van der Waals surface area contributed by atoms with Crippen LogP contribution >= 0.6 is 0 Å². The molecule has 1 aromatic heterocycles. The summed E-state index contributed by atoms with van der Waals surface area (Å²) in [7, 11) is -3.33. The Morgan fingerprint density at radius 1 is 1.41 bits per heavy atom. The molecule has 0 spiro atoms. The number of sulfonamides is 1. The third kappa shape index (κ3) is 2.33. The molecular weight excluding hydrogens is 244 g/mol. The number of anilines is 1. The summed E-state index contributed by atoms with van der Waals surface area (Å²) in [6, 6.07) is 4.73. The van der Waals surface area contributed by atoms with Crippen molar-refractivity contribution in [1.29, 1.82) is 0 Å². The summed E-state index contributed by atoms with van der Waals surface area (Å²) < 4.78 is 30.9. The third-order valence-corrected chi connectivity index (χ3v) is 2.89. The zero-order valence-corrected chi connectivity index (χ0v) is 10.2. The molecule has 7 heteroatoms. The van der Waals surface area contributed by atoms with Crippen LogP contribution in [0, 0.1) is 0 Å². The summed E-state index contributed by atoms with van der Waals surface area (Å²) >= 11 is 0. The average Bonchev–Trinajstić information content (AvgIpc) is 2.50. The van der Waals surface area contributed by atoms with Crippen LogP contribution in [-0.2, 0) is 16.6 Å². The fourth-order valence-corrected chi connectivity index (χ4v) is 2.20. The van der Waals surface area contributed by atoms with Crippen LogP contribution in [0.4, 0.5) is 5.69 Å². The lowest BCUT2D eigenvalue weighted by atomic mass is 10.3. The van der Waals surface area contributed by atoms with Crippen LogP contribution in [-0.4, -0.2) is 19.2 Å². The van der Waals surface area contributed by atoms with E-state index in [0.717, 1.165) is 6.26 Å². The number of benzene rings is 1. The van der Waals surface area contributed by atoms with Gasteiger partial charge in [-0.1, -0.05) is 0 Å². The van der Waals surface area contributed by atoms with Crippen molar-refractivity contribution in [2.75, 3.05) is 11.0 Å². The van der Waals surface area contributed by atoms with Gasteiger partial charge in [0.15, 0.2) is 5.58 Å². The molecule has 1 heterocycles. The van der Waals surface area contributed by atoms with Crippen molar-refractivity contribution >= 4 is 26.8 Å². The number of aryl methyl sites for hydroxylation is 1. The molecule has 1 N–H and O–H groups in total.